The highest BCUT2D eigenvalue weighted by molar-refractivity contribution is 7.99. The van der Waals surface area contributed by atoms with Crippen LogP contribution in [0.25, 0.3) is 0 Å². The van der Waals surface area contributed by atoms with Crippen LogP contribution in [0.2, 0.25) is 0 Å². The lowest BCUT2D eigenvalue weighted by molar-refractivity contribution is -0.130. The molecule has 0 spiro atoms. The first-order chi connectivity index (χ1) is 7.63. The number of carbonyl (C=O) groups excluding carboxylic acids is 1. The zero-order valence-corrected chi connectivity index (χ0v) is 9.44. The Morgan fingerprint density at radius 2 is 2.19 bits per heavy atom. The first-order valence-corrected chi connectivity index (χ1v) is 5.51. The SMILES string of the molecule is CONC(=O)CCSc1ccc(F)c(F)c1. The van der Waals surface area contributed by atoms with Gasteiger partial charge in [0.05, 0.1) is 7.11 Å². The third-order valence-corrected chi connectivity index (χ3v) is 2.70. The maximum atomic E-state index is 12.8. The van der Waals surface area contributed by atoms with Gasteiger partial charge in [0, 0.05) is 17.1 Å². The average molecular weight is 247 g/mol. The highest BCUT2D eigenvalue weighted by Gasteiger charge is 2.04. The monoisotopic (exact) mass is 247 g/mol. The molecule has 0 fully saturated rings. The van der Waals surface area contributed by atoms with E-state index in [0.29, 0.717) is 10.6 Å². The molecule has 6 heteroatoms. The van der Waals surface area contributed by atoms with E-state index in [1.54, 1.807) is 0 Å². The third-order valence-electron chi connectivity index (χ3n) is 1.70. The highest BCUT2D eigenvalue weighted by Crippen LogP contribution is 2.20. The van der Waals surface area contributed by atoms with E-state index in [0.717, 1.165) is 12.1 Å². The molecule has 0 aliphatic rings. The van der Waals surface area contributed by atoms with Gasteiger partial charge in [0.1, 0.15) is 0 Å². The van der Waals surface area contributed by atoms with E-state index in [-0.39, 0.29) is 12.3 Å². The molecule has 1 amide bonds. The molecule has 0 saturated carbocycles. The minimum atomic E-state index is -0.883. The molecule has 0 unspecified atom stereocenters. The van der Waals surface area contributed by atoms with Crippen molar-refractivity contribution < 1.29 is 18.4 Å². The quantitative estimate of drug-likeness (QED) is 0.640. The molecule has 1 rings (SSSR count). The van der Waals surface area contributed by atoms with Crippen LogP contribution in [0.4, 0.5) is 8.78 Å². The normalized spacial score (nSPS) is 10.2. The van der Waals surface area contributed by atoms with Crippen molar-refractivity contribution in [1.82, 2.24) is 5.48 Å². The summed E-state index contributed by atoms with van der Waals surface area (Å²) >= 11 is 1.27. The maximum Gasteiger partial charge on any atom is 0.244 e. The molecule has 16 heavy (non-hydrogen) atoms. The maximum absolute atomic E-state index is 12.8. The number of nitrogens with one attached hydrogen (secondary N) is 1. The summed E-state index contributed by atoms with van der Waals surface area (Å²) in [4.78, 5) is 16.0. The Balaban J connectivity index is 2.37. The molecular formula is C10H11F2NO2S. The van der Waals surface area contributed by atoms with Gasteiger partial charge in [-0.15, -0.1) is 11.8 Å². The summed E-state index contributed by atoms with van der Waals surface area (Å²) in [6.45, 7) is 0. The summed E-state index contributed by atoms with van der Waals surface area (Å²) in [5.74, 6) is -1.54. The second kappa shape index (κ2) is 6.44. The highest BCUT2D eigenvalue weighted by atomic mass is 32.2. The number of thioether (sulfide) groups is 1. The lowest BCUT2D eigenvalue weighted by atomic mass is 10.3. The number of benzene rings is 1. The number of hydroxylamine groups is 1. The van der Waals surface area contributed by atoms with Crippen molar-refractivity contribution in [3.63, 3.8) is 0 Å². The molecule has 1 N–H and O–H groups in total. The van der Waals surface area contributed by atoms with E-state index in [2.05, 4.69) is 10.3 Å². The fraction of sp³-hybridized carbons (Fsp3) is 0.300. The summed E-state index contributed by atoms with van der Waals surface area (Å²) in [7, 11) is 1.35. The molecule has 0 aromatic heterocycles. The Morgan fingerprint density at radius 3 is 2.81 bits per heavy atom. The van der Waals surface area contributed by atoms with Crippen LogP contribution in [0, 0.1) is 11.6 Å². The predicted molar refractivity (Wildman–Crippen MR) is 56.9 cm³/mol. The van der Waals surface area contributed by atoms with Gasteiger partial charge in [-0.3, -0.25) is 9.63 Å². The van der Waals surface area contributed by atoms with E-state index < -0.39 is 11.6 Å². The Kier molecular flexibility index (Phi) is 5.21. The molecule has 3 nitrogen and oxygen atoms in total. The summed E-state index contributed by atoms with van der Waals surface area (Å²) in [6, 6.07) is 3.64. The van der Waals surface area contributed by atoms with Crippen LogP contribution in [-0.4, -0.2) is 18.8 Å². The van der Waals surface area contributed by atoms with Crippen LogP contribution in [-0.2, 0) is 9.63 Å². The Labute approximate surface area is 96.1 Å². The van der Waals surface area contributed by atoms with Crippen molar-refractivity contribution in [1.29, 1.82) is 0 Å². The number of hydrogen-bond donors (Lipinski definition) is 1. The summed E-state index contributed by atoms with van der Waals surface area (Å²) in [6.07, 6.45) is 0.248. The van der Waals surface area contributed by atoms with Crippen LogP contribution < -0.4 is 5.48 Å². The van der Waals surface area contributed by atoms with E-state index in [1.807, 2.05) is 0 Å². The van der Waals surface area contributed by atoms with Crippen molar-refractivity contribution >= 4 is 17.7 Å². The molecule has 0 atom stereocenters. The van der Waals surface area contributed by atoms with E-state index >= 15 is 0 Å². The smallest absolute Gasteiger partial charge is 0.244 e. The Morgan fingerprint density at radius 1 is 1.44 bits per heavy atom. The lowest BCUT2D eigenvalue weighted by Crippen LogP contribution is -2.21. The van der Waals surface area contributed by atoms with Crippen molar-refractivity contribution in [3.05, 3.63) is 29.8 Å². The van der Waals surface area contributed by atoms with E-state index in [9.17, 15) is 13.6 Å². The summed E-state index contributed by atoms with van der Waals surface area (Å²) < 4.78 is 25.4. The number of halogens is 2. The standard InChI is InChI=1S/C10H11F2NO2S/c1-15-13-10(14)4-5-16-7-2-3-8(11)9(12)6-7/h2-3,6H,4-5H2,1H3,(H,13,14). The second-order valence-electron chi connectivity index (χ2n) is 2.90. The fourth-order valence-corrected chi connectivity index (χ4v) is 1.87. The number of carbonyl (C=O) groups is 1. The van der Waals surface area contributed by atoms with Gasteiger partial charge in [-0.25, -0.2) is 14.3 Å². The lowest BCUT2D eigenvalue weighted by Gasteiger charge is -2.02. The van der Waals surface area contributed by atoms with Crippen LogP contribution in [0.15, 0.2) is 23.1 Å². The van der Waals surface area contributed by atoms with Crippen molar-refractivity contribution in [2.24, 2.45) is 0 Å². The van der Waals surface area contributed by atoms with Crippen LogP contribution >= 0.6 is 11.8 Å². The largest absolute Gasteiger partial charge is 0.277 e. The molecule has 1 aromatic rings. The Bertz CT molecular complexity index is 374. The van der Waals surface area contributed by atoms with Gasteiger partial charge in [-0.2, -0.15) is 0 Å². The molecule has 0 aliphatic heterocycles. The third kappa shape index (κ3) is 4.16. The van der Waals surface area contributed by atoms with Crippen molar-refractivity contribution in [3.8, 4) is 0 Å². The molecule has 1 aromatic carbocycles. The first-order valence-electron chi connectivity index (χ1n) is 4.53. The predicted octanol–water partition coefficient (Wildman–Crippen LogP) is 2.12. The van der Waals surface area contributed by atoms with Gasteiger partial charge < -0.3 is 0 Å². The van der Waals surface area contributed by atoms with E-state index in [4.69, 9.17) is 0 Å². The topological polar surface area (TPSA) is 38.3 Å². The minimum absolute atomic E-state index is 0.248. The Hall–Kier alpha value is -1.14. The molecule has 0 bridgehead atoms. The summed E-state index contributed by atoms with van der Waals surface area (Å²) in [5, 5.41) is 0. The zero-order valence-electron chi connectivity index (χ0n) is 8.63. The number of hydrogen-bond acceptors (Lipinski definition) is 3. The van der Waals surface area contributed by atoms with Crippen molar-refractivity contribution in [2.45, 2.75) is 11.3 Å². The van der Waals surface area contributed by atoms with Crippen molar-refractivity contribution in [2.75, 3.05) is 12.9 Å². The molecule has 88 valence electrons. The van der Waals surface area contributed by atoms with Gasteiger partial charge in [-0.1, -0.05) is 0 Å². The minimum Gasteiger partial charge on any atom is -0.277 e. The molecule has 0 saturated heterocycles. The second-order valence-corrected chi connectivity index (χ2v) is 4.07. The molecule has 0 heterocycles. The van der Waals surface area contributed by atoms with E-state index in [1.165, 1.54) is 24.9 Å². The molecular weight excluding hydrogens is 236 g/mol. The molecule has 0 radical (unpaired) electrons. The van der Waals surface area contributed by atoms with Gasteiger partial charge in [0.15, 0.2) is 11.6 Å². The van der Waals surface area contributed by atoms with Gasteiger partial charge in [0.25, 0.3) is 0 Å². The average Bonchev–Trinajstić information content (AvgIpc) is 2.24. The van der Waals surface area contributed by atoms with Gasteiger partial charge in [0.2, 0.25) is 5.91 Å². The van der Waals surface area contributed by atoms with Crippen LogP contribution in [0.1, 0.15) is 6.42 Å². The first kappa shape index (κ1) is 12.9. The number of rotatable bonds is 5. The van der Waals surface area contributed by atoms with Crippen LogP contribution in [0.3, 0.4) is 0 Å². The molecule has 0 aliphatic carbocycles. The van der Waals surface area contributed by atoms with Gasteiger partial charge >= 0.3 is 0 Å². The van der Waals surface area contributed by atoms with Gasteiger partial charge in [-0.05, 0) is 18.2 Å². The number of amides is 1. The fourth-order valence-electron chi connectivity index (χ4n) is 0.993. The van der Waals surface area contributed by atoms with Crippen LogP contribution in [0.5, 0.6) is 0 Å². The summed E-state index contributed by atoms with van der Waals surface area (Å²) in [5.41, 5.74) is 2.17. The zero-order chi connectivity index (χ0) is 12.0.